The zero-order chi connectivity index (χ0) is 17.1. The van der Waals surface area contributed by atoms with Crippen LogP contribution in [-0.2, 0) is 9.53 Å². The van der Waals surface area contributed by atoms with E-state index in [1.54, 1.807) is 12.1 Å². The fourth-order valence-electron chi connectivity index (χ4n) is 3.89. The molecule has 1 aliphatic rings. The Morgan fingerprint density at radius 2 is 2.04 bits per heavy atom. The molecular formula is C20H24FNO2. The second kappa shape index (κ2) is 7.29. The molecule has 0 N–H and O–H groups in total. The zero-order valence-electron chi connectivity index (χ0n) is 14.3. The van der Waals surface area contributed by atoms with Crippen LogP contribution in [0, 0.1) is 17.7 Å². The maximum Gasteiger partial charge on any atom is 0.308 e. The highest BCUT2D eigenvalue weighted by atomic mass is 19.1. The van der Waals surface area contributed by atoms with Gasteiger partial charge in [-0.25, -0.2) is 4.39 Å². The minimum absolute atomic E-state index is 0.0440. The number of hydrogen-bond acceptors (Lipinski definition) is 3. The van der Waals surface area contributed by atoms with Crippen LogP contribution in [0.4, 0.5) is 4.39 Å². The molecule has 24 heavy (non-hydrogen) atoms. The van der Waals surface area contributed by atoms with Crippen LogP contribution in [0.1, 0.15) is 51.0 Å². The van der Waals surface area contributed by atoms with E-state index < -0.39 is 0 Å². The molecule has 128 valence electrons. The van der Waals surface area contributed by atoms with E-state index in [2.05, 4.69) is 4.98 Å². The smallest absolute Gasteiger partial charge is 0.308 e. The van der Waals surface area contributed by atoms with Gasteiger partial charge in [0.05, 0.1) is 18.0 Å². The van der Waals surface area contributed by atoms with Crippen molar-refractivity contribution in [3.8, 4) is 0 Å². The number of halogens is 1. The van der Waals surface area contributed by atoms with Gasteiger partial charge in [-0.2, -0.15) is 0 Å². The summed E-state index contributed by atoms with van der Waals surface area (Å²) < 4.78 is 18.8. The Hall–Kier alpha value is -1.97. The molecule has 0 amide bonds. The number of pyridine rings is 1. The Labute approximate surface area is 142 Å². The fourth-order valence-corrected chi connectivity index (χ4v) is 3.89. The van der Waals surface area contributed by atoms with Gasteiger partial charge in [0.15, 0.2) is 0 Å². The first kappa shape index (κ1) is 16.9. The van der Waals surface area contributed by atoms with E-state index in [-0.39, 0.29) is 17.7 Å². The second-order valence-corrected chi connectivity index (χ2v) is 6.71. The Bertz CT molecular complexity index is 723. The molecule has 3 rings (SSSR count). The van der Waals surface area contributed by atoms with Crippen molar-refractivity contribution in [2.45, 2.75) is 45.4 Å². The zero-order valence-corrected chi connectivity index (χ0v) is 14.3. The Kier molecular flexibility index (Phi) is 5.12. The molecule has 0 radical (unpaired) electrons. The summed E-state index contributed by atoms with van der Waals surface area (Å²) in [5, 5.41) is 0.916. The van der Waals surface area contributed by atoms with Gasteiger partial charge in [-0.05, 0) is 74.3 Å². The summed E-state index contributed by atoms with van der Waals surface area (Å²) in [4.78, 5) is 16.3. The number of carbonyl (C=O) groups is 1. The van der Waals surface area contributed by atoms with Gasteiger partial charge in [-0.1, -0.05) is 6.92 Å². The van der Waals surface area contributed by atoms with Gasteiger partial charge in [0.2, 0.25) is 0 Å². The van der Waals surface area contributed by atoms with Gasteiger partial charge in [-0.3, -0.25) is 9.78 Å². The first-order chi connectivity index (χ1) is 11.6. The number of carbonyl (C=O) groups excluding carboxylic acids is 1. The summed E-state index contributed by atoms with van der Waals surface area (Å²) in [6, 6.07) is 6.80. The van der Waals surface area contributed by atoms with Crippen LogP contribution in [-0.4, -0.2) is 17.6 Å². The molecule has 1 aromatic heterocycles. The quantitative estimate of drug-likeness (QED) is 0.753. The van der Waals surface area contributed by atoms with E-state index >= 15 is 0 Å². The van der Waals surface area contributed by atoms with Crippen molar-refractivity contribution in [1.82, 2.24) is 4.98 Å². The van der Waals surface area contributed by atoms with Crippen LogP contribution in [0.5, 0.6) is 0 Å². The molecule has 1 aromatic carbocycles. The van der Waals surface area contributed by atoms with Crippen LogP contribution in [0.15, 0.2) is 30.5 Å². The molecule has 1 fully saturated rings. The summed E-state index contributed by atoms with van der Waals surface area (Å²) in [7, 11) is 0. The normalized spacial score (nSPS) is 22.3. The van der Waals surface area contributed by atoms with Crippen molar-refractivity contribution in [3.63, 3.8) is 0 Å². The lowest BCUT2D eigenvalue weighted by Crippen LogP contribution is -2.26. The highest BCUT2D eigenvalue weighted by Gasteiger charge is 2.30. The first-order valence-corrected chi connectivity index (χ1v) is 8.81. The largest absolute Gasteiger partial charge is 0.466 e. The summed E-state index contributed by atoms with van der Waals surface area (Å²) >= 11 is 0. The Balaban J connectivity index is 1.73. The Morgan fingerprint density at radius 3 is 2.75 bits per heavy atom. The summed E-state index contributed by atoms with van der Waals surface area (Å²) in [5.74, 6) is 0.435. The van der Waals surface area contributed by atoms with Crippen molar-refractivity contribution in [3.05, 3.63) is 41.8 Å². The van der Waals surface area contributed by atoms with E-state index in [1.165, 1.54) is 11.6 Å². The van der Waals surface area contributed by atoms with E-state index in [0.29, 0.717) is 18.4 Å². The van der Waals surface area contributed by atoms with Crippen LogP contribution in [0.25, 0.3) is 10.9 Å². The average Bonchev–Trinajstić information content (AvgIpc) is 2.61. The lowest BCUT2D eigenvalue weighted by molar-refractivity contribution is -0.149. The number of rotatable bonds is 4. The molecule has 0 aliphatic heterocycles. The lowest BCUT2D eigenvalue weighted by Gasteiger charge is -2.32. The molecule has 2 aromatic rings. The number of fused-ring (bicyclic) bond motifs is 1. The molecule has 0 spiro atoms. The highest BCUT2D eigenvalue weighted by Crippen LogP contribution is 2.40. The molecule has 4 heteroatoms. The standard InChI is InChI=1S/C20H24FNO2/c1-3-24-20(23)13(2)14-4-6-15(7-5-14)17-10-11-22-19-9-8-16(21)12-18(17)19/h8-15H,3-7H2,1-2H3. The third-order valence-electron chi connectivity index (χ3n) is 5.31. The van der Waals surface area contributed by atoms with Crippen molar-refractivity contribution < 1.29 is 13.9 Å². The van der Waals surface area contributed by atoms with Gasteiger partial charge in [0.1, 0.15) is 5.82 Å². The van der Waals surface area contributed by atoms with Crippen LogP contribution < -0.4 is 0 Å². The molecule has 0 saturated heterocycles. The third-order valence-corrected chi connectivity index (χ3v) is 5.31. The SMILES string of the molecule is CCOC(=O)C(C)C1CCC(c2ccnc3ccc(F)cc23)CC1. The average molecular weight is 329 g/mol. The number of hydrogen-bond donors (Lipinski definition) is 0. The maximum atomic E-state index is 13.6. The summed E-state index contributed by atoms with van der Waals surface area (Å²) in [6.45, 7) is 4.25. The van der Waals surface area contributed by atoms with Crippen molar-refractivity contribution in [1.29, 1.82) is 0 Å². The molecule has 1 atom stereocenters. The van der Waals surface area contributed by atoms with Crippen LogP contribution >= 0.6 is 0 Å². The number of esters is 1. The van der Waals surface area contributed by atoms with E-state index in [0.717, 1.165) is 36.6 Å². The number of aromatic nitrogens is 1. The van der Waals surface area contributed by atoms with Crippen LogP contribution in [0.2, 0.25) is 0 Å². The van der Waals surface area contributed by atoms with Crippen molar-refractivity contribution in [2.75, 3.05) is 6.61 Å². The van der Waals surface area contributed by atoms with Crippen LogP contribution in [0.3, 0.4) is 0 Å². The van der Waals surface area contributed by atoms with Gasteiger partial charge in [0, 0.05) is 11.6 Å². The molecule has 1 unspecified atom stereocenters. The molecule has 0 bridgehead atoms. The monoisotopic (exact) mass is 329 g/mol. The highest BCUT2D eigenvalue weighted by molar-refractivity contribution is 5.82. The van der Waals surface area contributed by atoms with E-state index in [4.69, 9.17) is 4.74 Å². The van der Waals surface area contributed by atoms with E-state index in [9.17, 15) is 9.18 Å². The number of benzene rings is 1. The fraction of sp³-hybridized carbons (Fsp3) is 0.500. The molecule has 1 saturated carbocycles. The van der Waals surface area contributed by atoms with Crippen molar-refractivity contribution >= 4 is 16.9 Å². The van der Waals surface area contributed by atoms with Gasteiger partial charge < -0.3 is 4.74 Å². The number of ether oxygens (including phenoxy) is 1. The molecule has 1 heterocycles. The minimum Gasteiger partial charge on any atom is -0.466 e. The first-order valence-electron chi connectivity index (χ1n) is 8.81. The second-order valence-electron chi connectivity index (χ2n) is 6.71. The predicted octanol–water partition coefficient (Wildman–Crippen LogP) is 4.85. The topological polar surface area (TPSA) is 39.2 Å². The lowest BCUT2D eigenvalue weighted by atomic mass is 9.74. The van der Waals surface area contributed by atoms with E-state index in [1.807, 2.05) is 26.1 Å². The molecule has 1 aliphatic carbocycles. The maximum absolute atomic E-state index is 13.6. The minimum atomic E-state index is -0.221. The van der Waals surface area contributed by atoms with Gasteiger partial charge >= 0.3 is 5.97 Å². The predicted molar refractivity (Wildman–Crippen MR) is 92.2 cm³/mol. The number of nitrogens with zero attached hydrogens (tertiary/aromatic N) is 1. The molecular weight excluding hydrogens is 305 g/mol. The summed E-state index contributed by atoms with van der Waals surface area (Å²) in [5.41, 5.74) is 2.03. The van der Waals surface area contributed by atoms with Gasteiger partial charge in [-0.15, -0.1) is 0 Å². The summed E-state index contributed by atoms with van der Waals surface area (Å²) in [6.07, 6.45) is 5.85. The van der Waals surface area contributed by atoms with Gasteiger partial charge in [0.25, 0.3) is 0 Å². The Morgan fingerprint density at radius 1 is 1.29 bits per heavy atom. The third kappa shape index (κ3) is 3.42. The van der Waals surface area contributed by atoms with Crippen molar-refractivity contribution in [2.24, 2.45) is 11.8 Å². The molecule has 3 nitrogen and oxygen atoms in total.